The second kappa shape index (κ2) is 4.92. The Kier molecular flexibility index (Phi) is 3.34. The van der Waals surface area contributed by atoms with Gasteiger partial charge in [-0.05, 0) is 18.6 Å². The van der Waals surface area contributed by atoms with Gasteiger partial charge in [-0.25, -0.2) is 9.78 Å². The van der Waals surface area contributed by atoms with Gasteiger partial charge in [-0.3, -0.25) is 4.98 Å². The lowest BCUT2D eigenvalue weighted by Gasteiger charge is -2.01. The molecule has 0 aliphatic carbocycles. The number of nitrogens with one attached hydrogen (secondary N) is 1. The van der Waals surface area contributed by atoms with E-state index in [-0.39, 0.29) is 5.97 Å². The van der Waals surface area contributed by atoms with Gasteiger partial charge in [0.2, 0.25) is 0 Å². The van der Waals surface area contributed by atoms with Gasteiger partial charge in [0.1, 0.15) is 4.88 Å². The number of thiazole rings is 1. The van der Waals surface area contributed by atoms with Crippen molar-refractivity contribution in [2.24, 2.45) is 0 Å². The molecule has 1 N–H and O–H groups in total. The largest absolute Gasteiger partial charge is 0.465 e. The quantitative estimate of drug-likeness (QED) is 0.846. The van der Waals surface area contributed by atoms with Crippen molar-refractivity contribution in [3.05, 3.63) is 35.1 Å². The van der Waals surface area contributed by atoms with Crippen molar-refractivity contribution < 1.29 is 9.53 Å². The lowest BCUT2D eigenvalue weighted by molar-refractivity contribution is 0.0606. The molecule has 5 nitrogen and oxygen atoms in total. The molecule has 0 bridgehead atoms. The van der Waals surface area contributed by atoms with E-state index in [9.17, 15) is 4.79 Å². The molecular weight excluding hydrogens is 238 g/mol. The number of ether oxygens (including phenoxy) is 1. The van der Waals surface area contributed by atoms with E-state index in [1.807, 2.05) is 13.0 Å². The van der Waals surface area contributed by atoms with Gasteiger partial charge in [0.25, 0.3) is 0 Å². The van der Waals surface area contributed by atoms with Crippen LogP contribution >= 0.6 is 11.3 Å². The minimum atomic E-state index is -0.377. The van der Waals surface area contributed by atoms with E-state index in [1.165, 1.54) is 24.6 Å². The number of esters is 1. The van der Waals surface area contributed by atoms with Crippen molar-refractivity contribution in [3.63, 3.8) is 0 Å². The van der Waals surface area contributed by atoms with E-state index in [4.69, 9.17) is 0 Å². The molecule has 6 heteroatoms. The Morgan fingerprint density at radius 3 is 2.94 bits per heavy atom. The molecule has 2 rings (SSSR count). The summed E-state index contributed by atoms with van der Waals surface area (Å²) < 4.78 is 4.61. The summed E-state index contributed by atoms with van der Waals surface area (Å²) in [5.74, 6) is -0.377. The zero-order chi connectivity index (χ0) is 12.3. The van der Waals surface area contributed by atoms with Crippen LogP contribution in [0, 0.1) is 6.92 Å². The van der Waals surface area contributed by atoms with Crippen molar-refractivity contribution in [2.75, 3.05) is 12.4 Å². The summed E-state index contributed by atoms with van der Waals surface area (Å²) in [4.78, 5) is 19.9. The summed E-state index contributed by atoms with van der Waals surface area (Å²) in [5, 5.41) is 3.72. The van der Waals surface area contributed by atoms with Crippen LogP contribution in [-0.2, 0) is 4.74 Å². The Morgan fingerprint density at radius 1 is 1.41 bits per heavy atom. The Morgan fingerprint density at radius 2 is 2.24 bits per heavy atom. The SMILES string of the molecule is COC(=O)c1cnc(Nc2cncc(C)c2)s1. The molecule has 0 atom stereocenters. The monoisotopic (exact) mass is 249 g/mol. The molecule has 0 aliphatic heterocycles. The zero-order valence-electron chi connectivity index (χ0n) is 9.43. The van der Waals surface area contributed by atoms with Gasteiger partial charge in [0.05, 0.1) is 25.2 Å². The zero-order valence-corrected chi connectivity index (χ0v) is 10.2. The molecule has 88 valence electrons. The Hall–Kier alpha value is -1.95. The molecule has 0 saturated heterocycles. The summed E-state index contributed by atoms with van der Waals surface area (Å²) >= 11 is 1.24. The first-order valence-electron chi connectivity index (χ1n) is 4.92. The number of anilines is 2. The highest BCUT2D eigenvalue weighted by Crippen LogP contribution is 2.22. The maximum absolute atomic E-state index is 11.2. The Bertz CT molecular complexity index is 539. The predicted molar refractivity (Wildman–Crippen MR) is 65.7 cm³/mol. The fourth-order valence-electron chi connectivity index (χ4n) is 1.27. The Labute approximate surface area is 102 Å². The van der Waals surface area contributed by atoms with Gasteiger partial charge in [-0.15, -0.1) is 0 Å². The summed E-state index contributed by atoms with van der Waals surface area (Å²) in [7, 11) is 1.35. The first-order valence-corrected chi connectivity index (χ1v) is 5.73. The molecule has 2 aromatic heterocycles. The van der Waals surface area contributed by atoms with E-state index in [0.717, 1.165) is 11.3 Å². The summed E-state index contributed by atoms with van der Waals surface area (Å²) in [6.07, 6.45) is 4.96. The van der Waals surface area contributed by atoms with Crippen molar-refractivity contribution in [2.45, 2.75) is 6.92 Å². The van der Waals surface area contributed by atoms with Crippen LogP contribution in [0.1, 0.15) is 15.2 Å². The highest BCUT2D eigenvalue weighted by Gasteiger charge is 2.10. The molecular formula is C11H11N3O2S. The number of aryl methyl sites for hydroxylation is 1. The summed E-state index contributed by atoms with van der Waals surface area (Å²) in [5.41, 5.74) is 1.90. The smallest absolute Gasteiger partial charge is 0.349 e. The molecule has 0 amide bonds. The van der Waals surface area contributed by atoms with Gasteiger partial charge in [0.15, 0.2) is 5.13 Å². The Balaban J connectivity index is 2.14. The minimum Gasteiger partial charge on any atom is -0.465 e. The fraction of sp³-hybridized carbons (Fsp3) is 0.182. The van der Waals surface area contributed by atoms with E-state index in [0.29, 0.717) is 10.0 Å². The molecule has 0 radical (unpaired) electrons. The van der Waals surface area contributed by atoms with Gasteiger partial charge in [-0.1, -0.05) is 11.3 Å². The van der Waals surface area contributed by atoms with Gasteiger partial charge in [-0.2, -0.15) is 0 Å². The average Bonchev–Trinajstić information content (AvgIpc) is 2.76. The second-order valence-corrected chi connectivity index (χ2v) is 4.43. The maximum Gasteiger partial charge on any atom is 0.349 e. The minimum absolute atomic E-state index is 0.377. The van der Waals surface area contributed by atoms with Crippen LogP contribution in [0.4, 0.5) is 10.8 Å². The highest BCUT2D eigenvalue weighted by molar-refractivity contribution is 7.17. The van der Waals surface area contributed by atoms with Crippen LogP contribution in [0.3, 0.4) is 0 Å². The lowest BCUT2D eigenvalue weighted by Crippen LogP contribution is -1.96. The van der Waals surface area contributed by atoms with E-state index in [1.54, 1.807) is 12.4 Å². The molecule has 17 heavy (non-hydrogen) atoms. The summed E-state index contributed by atoms with van der Waals surface area (Å²) in [6, 6.07) is 1.95. The number of nitrogens with zero attached hydrogens (tertiary/aromatic N) is 2. The third kappa shape index (κ3) is 2.79. The van der Waals surface area contributed by atoms with Crippen molar-refractivity contribution >= 4 is 28.1 Å². The summed E-state index contributed by atoms with van der Waals surface area (Å²) in [6.45, 7) is 1.96. The van der Waals surface area contributed by atoms with Gasteiger partial charge >= 0.3 is 5.97 Å². The third-order valence-corrected chi connectivity index (χ3v) is 2.91. The van der Waals surface area contributed by atoms with Crippen LogP contribution in [0.15, 0.2) is 24.7 Å². The van der Waals surface area contributed by atoms with E-state index < -0.39 is 0 Å². The predicted octanol–water partition coefficient (Wildman–Crippen LogP) is 2.38. The van der Waals surface area contributed by atoms with Crippen molar-refractivity contribution in [1.82, 2.24) is 9.97 Å². The third-order valence-electron chi connectivity index (χ3n) is 2.02. The number of carbonyl (C=O) groups is 1. The molecule has 0 fully saturated rings. The number of methoxy groups -OCH3 is 1. The molecule has 0 spiro atoms. The van der Waals surface area contributed by atoms with Crippen LogP contribution < -0.4 is 5.32 Å². The molecule has 0 saturated carbocycles. The van der Waals surface area contributed by atoms with Crippen LogP contribution in [0.2, 0.25) is 0 Å². The van der Waals surface area contributed by atoms with Gasteiger partial charge in [0, 0.05) is 6.20 Å². The van der Waals surface area contributed by atoms with Crippen LogP contribution in [0.5, 0.6) is 0 Å². The van der Waals surface area contributed by atoms with Crippen LogP contribution in [0.25, 0.3) is 0 Å². The maximum atomic E-state index is 11.2. The number of rotatable bonds is 3. The van der Waals surface area contributed by atoms with Crippen molar-refractivity contribution in [3.8, 4) is 0 Å². The first-order chi connectivity index (χ1) is 8.19. The lowest BCUT2D eigenvalue weighted by atomic mass is 10.3. The number of carbonyl (C=O) groups excluding carboxylic acids is 1. The molecule has 0 aliphatic rings. The first kappa shape index (κ1) is 11.5. The number of pyridine rings is 1. The number of aromatic nitrogens is 2. The average molecular weight is 249 g/mol. The molecule has 2 heterocycles. The van der Waals surface area contributed by atoms with Crippen LogP contribution in [-0.4, -0.2) is 23.0 Å². The van der Waals surface area contributed by atoms with E-state index >= 15 is 0 Å². The number of hydrogen-bond donors (Lipinski definition) is 1. The fourth-order valence-corrected chi connectivity index (χ4v) is 2.03. The molecule has 2 aromatic rings. The highest BCUT2D eigenvalue weighted by atomic mass is 32.1. The normalized spacial score (nSPS) is 10.0. The van der Waals surface area contributed by atoms with Crippen molar-refractivity contribution in [1.29, 1.82) is 0 Å². The molecule has 0 aromatic carbocycles. The number of hydrogen-bond acceptors (Lipinski definition) is 6. The topological polar surface area (TPSA) is 64.1 Å². The van der Waals surface area contributed by atoms with E-state index in [2.05, 4.69) is 20.0 Å². The molecule has 0 unspecified atom stereocenters. The standard InChI is InChI=1S/C11H11N3O2S/c1-7-3-8(5-12-4-7)14-11-13-6-9(17-11)10(15)16-2/h3-6H,1-2H3,(H,13,14). The van der Waals surface area contributed by atoms with Gasteiger partial charge < -0.3 is 10.1 Å². The second-order valence-electron chi connectivity index (χ2n) is 3.40.